The minimum Gasteiger partial charge on any atom is -0.415 e. The maximum absolute atomic E-state index is 12.6. The zero-order chi connectivity index (χ0) is 20.2. The number of rotatable bonds is 9. The monoisotopic (exact) mass is 391 g/mol. The zero-order valence-electron chi connectivity index (χ0n) is 17.9. The van der Waals surface area contributed by atoms with Crippen molar-refractivity contribution in [2.45, 2.75) is 70.9 Å². The molecule has 3 N–H and O–H groups in total. The first-order valence-electron chi connectivity index (χ1n) is 10.0. The van der Waals surface area contributed by atoms with Crippen molar-refractivity contribution in [1.82, 2.24) is 10.6 Å². The van der Waals surface area contributed by atoms with Crippen LogP contribution in [0.2, 0.25) is 18.1 Å². The summed E-state index contributed by atoms with van der Waals surface area (Å²) >= 11 is 0. The number of benzene rings is 1. The van der Waals surface area contributed by atoms with Crippen LogP contribution in [0, 0.1) is 5.92 Å². The molecule has 5 nitrogen and oxygen atoms in total. The van der Waals surface area contributed by atoms with Crippen LogP contribution >= 0.6 is 0 Å². The Morgan fingerprint density at radius 1 is 1.19 bits per heavy atom. The SMILES string of the molecule is CC(C)C(NC[C@H]1N[C@@H]1CO[Si](C)(C)C(C)(C)C)C(=O)Nc1ccccc1. The summed E-state index contributed by atoms with van der Waals surface area (Å²) in [5.74, 6) is 0.236. The number of anilines is 1. The molecule has 0 bridgehead atoms. The van der Waals surface area contributed by atoms with E-state index < -0.39 is 8.32 Å². The highest BCUT2D eigenvalue weighted by atomic mass is 28.4. The molecule has 0 saturated carbocycles. The smallest absolute Gasteiger partial charge is 0.241 e. The van der Waals surface area contributed by atoms with Gasteiger partial charge in [0.15, 0.2) is 8.32 Å². The van der Waals surface area contributed by atoms with Crippen LogP contribution in [0.15, 0.2) is 30.3 Å². The Morgan fingerprint density at radius 3 is 2.37 bits per heavy atom. The summed E-state index contributed by atoms with van der Waals surface area (Å²) in [6.45, 7) is 17.0. The van der Waals surface area contributed by atoms with E-state index in [1.54, 1.807) is 0 Å². The molecule has 152 valence electrons. The molecular formula is C21H37N3O2Si. The second kappa shape index (κ2) is 8.86. The number of nitrogens with one attached hydrogen (secondary N) is 3. The first-order valence-corrected chi connectivity index (χ1v) is 12.9. The molecule has 1 aromatic carbocycles. The van der Waals surface area contributed by atoms with Gasteiger partial charge >= 0.3 is 0 Å². The van der Waals surface area contributed by atoms with E-state index in [2.05, 4.69) is 63.7 Å². The molecule has 1 fully saturated rings. The van der Waals surface area contributed by atoms with Gasteiger partial charge in [-0.1, -0.05) is 52.8 Å². The molecule has 27 heavy (non-hydrogen) atoms. The quantitative estimate of drug-likeness (QED) is 0.444. The molecule has 0 radical (unpaired) electrons. The van der Waals surface area contributed by atoms with Crippen LogP contribution in [0.3, 0.4) is 0 Å². The second-order valence-electron chi connectivity index (χ2n) is 9.44. The molecule has 1 aromatic rings. The fourth-order valence-corrected chi connectivity index (χ4v) is 3.76. The largest absolute Gasteiger partial charge is 0.415 e. The summed E-state index contributed by atoms with van der Waals surface area (Å²) in [5, 5.41) is 10.1. The van der Waals surface area contributed by atoms with Gasteiger partial charge in [-0.25, -0.2) is 0 Å². The van der Waals surface area contributed by atoms with Gasteiger partial charge in [0.25, 0.3) is 0 Å². The van der Waals surface area contributed by atoms with Crippen molar-refractivity contribution in [3.8, 4) is 0 Å². The minimum absolute atomic E-state index is 0.0194. The van der Waals surface area contributed by atoms with Crippen LogP contribution in [0.4, 0.5) is 5.69 Å². The standard InChI is InChI=1S/C21H37N3O2Si/c1-15(2)19(20(25)23-16-11-9-8-10-12-16)22-13-17-18(24-17)14-26-27(6,7)21(3,4)5/h8-12,15,17-19,22,24H,13-14H2,1-7H3,(H,23,25)/t17-,18-,19?/m1/s1. The first kappa shape index (κ1) is 22.1. The van der Waals surface area contributed by atoms with Crippen molar-refractivity contribution in [1.29, 1.82) is 0 Å². The molecule has 1 heterocycles. The van der Waals surface area contributed by atoms with Gasteiger partial charge < -0.3 is 20.4 Å². The number of hydrogen-bond acceptors (Lipinski definition) is 4. The molecule has 0 spiro atoms. The van der Waals surface area contributed by atoms with Gasteiger partial charge in [0.2, 0.25) is 5.91 Å². The molecule has 3 atom stereocenters. The molecule has 1 aliphatic heterocycles. The van der Waals surface area contributed by atoms with Gasteiger partial charge in [0, 0.05) is 24.3 Å². The summed E-state index contributed by atoms with van der Waals surface area (Å²) in [7, 11) is -1.71. The Labute approximate surface area is 165 Å². The highest BCUT2D eigenvalue weighted by Crippen LogP contribution is 2.37. The van der Waals surface area contributed by atoms with Crippen molar-refractivity contribution in [2.75, 3.05) is 18.5 Å². The highest BCUT2D eigenvalue weighted by Gasteiger charge is 2.42. The van der Waals surface area contributed by atoms with Gasteiger partial charge in [0.1, 0.15) is 0 Å². The molecule has 0 aromatic heterocycles. The Balaban J connectivity index is 1.78. The van der Waals surface area contributed by atoms with Crippen molar-refractivity contribution in [2.24, 2.45) is 5.92 Å². The minimum atomic E-state index is -1.71. The topological polar surface area (TPSA) is 72.3 Å². The summed E-state index contributed by atoms with van der Waals surface area (Å²) in [6.07, 6.45) is 0. The summed E-state index contributed by atoms with van der Waals surface area (Å²) in [6, 6.07) is 10.2. The predicted octanol–water partition coefficient (Wildman–Crippen LogP) is 3.60. The lowest BCUT2D eigenvalue weighted by Gasteiger charge is -2.36. The summed E-state index contributed by atoms with van der Waals surface area (Å²) in [4.78, 5) is 12.6. The maximum Gasteiger partial charge on any atom is 0.241 e. The van der Waals surface area contributed by atoms with Gasteiger partial charge in [-0.3, -0.25) is 4.79 Å². The van der Waals surface area contributed by atoms with Crippen LogP contribution in [-0.2, 0) is 9.22 Å². The number of amides is 1. The normalized spacial score (nSPS) is 21.2. The number of carbonyl (C=O) groups is 1. The molecular weight excluding hydrogens is 354 g/mol. The molecule has 0 aliphatic carbocycles. The average molecular weight is 392 g/mol. The first-order chi connectivity index (χ1) is 12.5. The lowest BCUT2D eigenvalue weighted by molar-refractivity contribution is -0.119. The van der Waals surface area contributed by atoms with Gasteiger partial charge in [-0.15, -0.1) is 0 Å². The maximum atomic E-state index is 12.6. The average Bonchev–Trinajstić information content (AvgIpc) is 3.31. The zero-order valence-corrected chi connectivity index (χ0v) is 18.9. The Bertz CT molecular complexity index is 614. The van der Waals surface area contributed by atoms with Crippen molar-refractivity contribution >= 4 is 19.9 Å². The van der Waals surface area contributed by atoms with Crippen molar-refractivity contribution in [3.05, 3.63) is 30.3 Å². The van der Waals surface area contributed by atoms with E-state index in [0.29, 0.717) is 12.1 Å². The summed E-state index contributed by atoms with van der Waals surface area (Å²) in [5.41, 5.74) is 0.833. The van der Waals surface area contributed by atoms with Crippen molar-refractivity contribution < 1.29 is 9.22 Å². The van der Waals surface area contributed by atoms with Gasteiger partial charge in [-0.05, 0) is 36.2 Å². The third-order valence-corrected chi connectivity index (χ3v) is 10.3. The van der Waals surface area contributed by atoms with Crippen LogP contribution in [0.5, 0.6) is 0 Å². The van der Waals surface area contributed by atoms with E-state index in [1.807, 2.05) is 30.3 Å². The van der Waals surface area contributed by atoms with E-state index in [0.717, 1.165) is 18.8 Å². The Morgan fingerprint density at radius 2 is 1.81 bits per heavy atom. The van der Waals surface area contributed by atoms with E-state index in [9.17, 15) is 4.79 Å². The molecule has 1 aliphatic rings. The van der Waals surface area contributed by atoms with E-state index in [1.165, 1.54) is 0 Å². The van der Waals surface area contributed by atoms with Gasteiger partial charge in [-0.2, -0.15) is 0 Å². The van der Waals surface area contributed by atoms with E-state index in [-0.39, 0.29) is 22.9 Å². The lowest BCUT2D eigenvalue weighted by atomic mass is 10.0. The Kier molecular flexibility index (Phi) is 7.25. The van der Waals surface area contributed by atoms with Crippen LogP contribution in [0.25, 0.3) is 0 Å². The number of hydrogen-bond donors (Lipinski definition) is 3. The Hall–Kier alpha value is -1.21. The molecule has 1 saturated heterocycles. The third-order valence-electron chi connectivity index (χ3n) is 5.78. The van der Waals surface area contributed by atoms with E-state index >= 15 is 0 Å². The van der Waals surface area contributed by atoms with Crippen molar-refractivity contribution in [3.63, 3.8) is 0 Å². The second-order valence-corrected chi connectivity index (χ2v) is 14.2. The van der Waals surface area contributed by atoms with E-state index in [4.69, 9.17) is 4.43 Å². The fraction of sp³-hybridized carbons (Fsp3) is 0.667. The van der Waals surface area contributed by atoms with Gasteiger partial charge in [0.05, 0.1) is 12.6 Å². The third kappa shape index (κ3) is 6.42. The molecule has 1 amide bonds. The molecule has 1 unspecified atom stereocenters. The predicted molar refractivity (Wildman–Crippen MR) is 116 cm³/mol. The van der Waals surface area contributed by atoms with Crippen LogP contribution in [0.1, 0.15) is 34.6 Å². The summed E-state index contributed by atoms with van der Waals surface area (Å²) < 4.78 is 6.30. The van der Waals surface area contributed by atoms with Crippen LogP contribution < -0.4 is 16.0 Å². The highest BCUT2D eigenvalue weighted by molar-refractivity contribution is 6.74. The fourth-order valence-electron chi connectivity index (χ4n) is 2.73. The molecule has 2 rings (SSSR count). The number of carbonyl (C=O) groups excluding carboxylic acids is 1. The molecule has 6 heteroatoms. The van der Waals surface area contributed by atoms with Crippen LogP contribution in [-0.4, -0.2) is 45.5 Å². The number of para-hydroxylation sites is 1. The lowest BCUT2D eigenvalue weighted by Crippen LogP contribution is -2.46.